The van der Waals surface area contributed by atoms with Crippen LogP contribution in [0.2, 0.25) is 0 Å². The van der Waals surface area contributed by atoms with Gasteiger partial charge in [-0.05, 0) is 17.9 Å². The zero-order chi connectivity index (χ0) is 10.9. The zero-order valence-electron chi connectivity index (χ0n) is 8.20. The van der Waals surface area contributed by atoms with E-state index in [0.717, 1.165) is 16.3 Å². The zero-order valence-corrected chi connectivity index (χ0v) is 9.02. The molecule has 1 aliphatic heterocycles. The van der Waals surface area contributed by atoms with Gasteiger partial charge in [0, 0.05) is 13.1 Å². The Bertz CT molecular complexity index is 429. The van der Waals surface area contributed by atoms with E-state index >= 15 is 0 Å². The van der Waals surface area contributed by atoms with Gasteiger partial charge in [-0.3, -0.25) is 4.55 Å². The monoisotopic (exact) mass is 227 g/mol. The molecule has 4 nitrogen and oxygen atoms in total. The number of hydrogen-bond donors (Lipinski definition) is 1. The van der Waals surface area contributed by atoms with Crippen molar-refractivity contribution in [2.45, 2.75) is 12.3 Å². The summed E-state index contributed by atoms with van der Waals surface area (Å²) in [4.78, 5) is 0. The third-order valence-electron chi connectivity index (χ3n) is 2.75. The van der Waals surface area contributed by atoms with Gasteiger partial charge in [0.1, 0.15) is 0 Å². The van der Waals surface area contributed by atoms with Gasteiger partial charge in [-0.15, -0.1) is 0 Å². The lowest BCUT2D eigenvalue weighted by Crippen LogP contribution is -2.27. The van der Waals surface area contributed by atoms with E-state index in [1.54, 1.807) is 0 Å². The minimum absolute atomic E-state index is 0.202. The Balaban J connectivity index is 2.12. The molecule has 1 aromatic carbocycles. The second-order valence-corrected chi connectivity index (χ2v) is 5.14. The minimum atomic E-state index is -4.01. The Kier molecular flexibility index (Phi) is 2.77. The Morgan fingerprint density at radius 3 is 2.47 bits per heavy atom. The quantitative estimate of drug-likeness (QED) is 0.774. The summed E-state index contributed by atoms with van der Waals surface area (Å²) in [6.45, 7) is 0.779. The summed E-state index contributed by atoms with van der Waals surface area (Å²) in [5.74, 6) is 0.202. The van der Waals surface area contributed by atoms with Crippen molar-refractivity contribution in [2.75, 3.05) is 13.1 Å². The maximum atomic E-state index is 10.9. The van der Waals surface area contributed by atoms with Gasteiger partial charge in [0.15, 0.2) is 0 Å². The van der Waals surface area contributed by atoms with Crippen LogP contribution < -0.4 is 0 Å². The van der Waals surface area contributed by atoms with Gasteiger partial charge < -0.3 is 0 Å². The fourth-order valence-electron chi connectivity index (χ4n) is 1.94. The molecule has 5 heteroatoms. The molecule has 1 saturated heterocycles. The third kappa shape index (κ3) is 2.37. The van der Waals surface area contributed by atoms with E-state index in [-0.39, 0.29) is 5.92 Å². The SMILES string of the molecule is O=S(=O)(O)N1CCC(c2ccccc2)C1. The van der Waals surface area contributed by atoms with Crippen LogP contribution in [0.4, 0.5) is 0 Å². The van der Waals surface area contributed by atoms with E-state index in [1.807, 2.05) is 30.3 Å². The highest BCUT2D eigenvalue weighted by Gasteiger charge is 2.30. The van der Waals surface area contributed by atoms with Gasteiger partial charge in [-0.25, -0.2) is 0 Å². The van der Waals surface area contributed by atoms with Crippen molar-refractivity contribution >= 4 is 10.3 Å². The Morgan fingerprint density at radius 1 is 1.27 bits per heavy atom. The number of hydrogen-bond acceptors (Lipinski definition) is 2. The highest BCUT2D eigenvalue weighted by atomic mass is 32.2. The fraction of sp³-hybridized carbons (Fsp3) is 0.400. The summed E-state index contributed by atoms with van der Waals surface area (Å²) in [6, 6.07) is 9.77. The predicted molar refractivity (Wildman–Crippen MR) is 56.9 cm³/mol. The Morgan fingerprint density at radius 2 is 1.93 bits per heavy atom. The molecule has 1 unspecified atom stereocenters. The van der Waals surface area contributed by atoms with Crippen LogP contribution in [0, 0.1) is 0 Å². The summed E-state index contributed by atoms with van der Waals surface area (Å²) in [5.41, 5.74) is 1.13. The van der Waals surface area contributed by atoms with Crippen LogP contribution in [-0.2, 0) is 10.3 Å². The van der Waals surface area contributed by atoms with Crippen LogP contribution in [0.15, 0.2) is 30.3 Å². The Hall–Kier alpha value is -0.910. The lowest BCUT2D eigenvalue weighted by molar-refractivity contribution is 0.387. The molecule has 0 amide bonds. The van der Waals surface area contributed by atoms with Crippen molar-refractivity contribution in [3.63, 3.8) is 0 Å². The van der Waals surface area contributed by atoms with Gasteiger partial charge in [0.2, 0.25) is 0 Å². The molecule has 0 radical (unpaired) electrons. The van der Waals surface area contributed by atoms with Crippen molar-refractivity contribution < 1.29 is 13.0 Å². The summed E-state index contributed by atoms with van der Waals surface area (Å²) in [5, 5.41) is 0. The van der Waals surface area contributed by atoms with Crippen molar-refractivity contribution in [2.24, 2.45) is 0 Å². The van der Waals surface area contributed by atoms with Gasteiger partial charge >= 0.3 is 10.3 Å². The van der Waals surface area contributed by atoms with Crippen LogP contribution in [0.3, 0.4) is 0 Å². The molecule has 1 aromatic rings. The highest BCUT2D eigenvalue weighted by molar-refractivity contribution is 7.83. The predicted octanol–water partition coefficient (Wildman–Crippen LogP) is 1.28. The van der Waals surface area contributed by atoms with Crippen LogP contribution in [0.1, 0.15) is 17.9 Å². The number of nitrogens with zero attached hydrogens (tertiary/aromatic N) is 1. The summed E-state index contributed by atoms with van der Waals surface area (Å²) >= 11 is 0. The first-order valence-corrected chi connectivity index (χ1v) is 6.24. The maximum absolute atomic E-state index is 10.9. The van der Waals surface area contributed by atoms with Gasteiger partial charge in [0.05, 0.1) is 0 Å². The molecule has 82 valence electrons. The molecule has 0 spiro atoms. The van der Waals surface area contributed by atoms with Crippen LogP contribution in [0.25, 0.3) is 0 Å². The van der Waals surface area contributed by atoms with Crippen molar-refractivity contribution in [1.82, 2.24) is 4.31 Å². The first kappa shape index (κ1) is 10.6. The standard InChI is InChI=1S/C10H13NO3S/c12-15(13,14)11-7-6-10(8-11)9-4-2-1-3-5-9/h1-5,10H,6-8H2,(H,12,13,14). The molecule has 0 bridgehead atoms. The fourth-order valence-corrected chi connectivity index (χ4v) is 2.64. The van der Waals surface area contributed by atoms with E-state index in [1.165, 1.54) is 0 Å². The molecular weight excluding hydrogens is 214 g/mol. The molecule has 0 saturated carbocycles. The van der Waals surface area contributed by atoms with E-state index in [2.05, 4.69) is 0 Å². The molecule has 0 aliphatic carbocycles. The molecular formula is C10H13NO3S. The van der Waals surface area contributed by atoms with Crippen LogP contribution in [0.5, 0.6) is 0 Å². The molecule has 1 N–H and O–H groups in total. The first-order chi connectivity index (χ1) is 7.07. The number of rotatable bonds is 2. The highest BCUT2D eigenvalue weighted by Crippen LogP contribution is 2.27. The van der Waals surface area contributed by atoms with Crippen LogP contribution in [-0.4, -0.2) is 30.4 Å². The average Bonchev–Trinajstić information content (AvgIpc) is 2.67. The summed E-state index contributed by atoms with van der Waals surface area (Å²) in [6.07, 6.45) is 0.768. The average molecular weight is 227 g/mol. The van der Waals surface area contributed by atoms with Crippen LogP contribution >= 0.6 is 0 Å². The molecule has 1 heterocycles. The molecule has 2 rings (SSSR count). The van der Waals surface area contributed by atoms with E-state index < -0.39 is 10.3 Å². The lowest BCUT2D eigenvalue weighted by atomic mass is 9.99. The molecule has 1 fully saturated rings. The van der Waals surface area contributed by atoms with E-state index in [9.17, 15) is 8.42 Å². The maximum Gasteiger partial charge on any atom is 0.335 e. The summed E-state index contributed by atoms with van der Waals surface area (Å²) < 4.78 is 31.8. The van der Waals surface area contributed by atoms with Crippen molar-refractivity contribution in [1.29, 1.82) is 0 Å². The third-order valence-corrected chi connectivity index (χ3v) is 3.73. The van der Waals surface area contributed by atoms with E-state index in [0.29, 0.717) is 13.1 Å². The topological polar surface area (TPSA) is 57.6 Å². The van der Waals surface area contributed by atoms with Gasteiger partial charge in [-0.2, -0.15) is 12.7 Å². The molecule has 0 aromatic heterocycles. The largest absolute Gasteiger partial charge is 0.335 e. The molecule has 1 aliphatic rings. The Labute approximate surface area is 89.4 Å². The van der Waals surface area contributed by atoms with Gasteiger partial charge in [0.25, 0.3) is 0 Å². The second-order valence-electron chi connectivity index (χ2n) is 3.73. The molecule has 1 atom stereocenters. The lowest BCUT2D eigenvalue weighted by Gasteiger charge is -2.11. The minimum Gasteiger partial charge on any atom is -0.273 e. The second kappa shape index (κ2) is 3.92. The number of benzene rings is 1. The first-order valence-electron chi connectivity index (χ1n) is 4.85. The van der Waals surface area contributed by atoms with Gasteiger partial charge in [-0.1, -0.05) is 30.3 Å². The van der Waals surface area contributed by atoms with Crippen molar-refractivity contribution in [3.8, 4) is 0 Å². The van der Waals surface area contributed by atoms with E-state index in [4.69, 9.17) is 4.55 Å². The van der Waals surface area contributed by atoms with Crippen molar-refractivity contribution in [3.05, 3.63) is 35.9 Å². The molecule has 15 heavy (non-hydrogen) atoms. The smallest absolute Gasteiger partial charge is 0.273 e. The normalized spacial score (nSPS) is 23.1. The summed E-state index contributed by atoms with van der Waals surface area (Å²) in [7, 11) is -4.01.